The van der Waals surface area contributed by atoms with Crippen LogP contribution in [0.5, 0.6) is 5.75 Å². The van der Waals surface area contributed by atoms with E-state index in [0.29, 0.717) is 17.9 Å². The Morgan fingerprint density at radius 3 is 2.32 bits per heavy atom. The van der Waals surface area contributed by atoms with Gasteiger partial charge in [-0.2, -0.15) is 0 Å². The lowest BCUT2D eigenvalue weighted by atomic mass is 9.94. The molecule has 1 aliphatic rings. The molecule has 0 saturated heterocycles. The highest BCUT2D eigenvalue weighted by Gasteiger charge is 2.32. The van der Waals surface area contributed by atoms with E-state index in [0.717, 1.165) is 47.5 Å². The minimum atomic E-state index is -3.65. The van der Waals surface area contributed by atoms with Crippen molar-refractivity contribution >= 4 is 43.5 Å². The third-order valence-corrected chi connectivity index (χ3v) is 9.64. The number of rotatable bonds is 14. The summed E-state index contributed by atoms with van der Waals surface area (Å²) in [6.07, 6.45) is 7.06. The lowest BCUT2D eigenvalue weighted by Gasteiger charge is -2.34. The number of para-hydroxylation sites is 2. The van der Waals surface area contributed by atoms with Crippen LogP contribution in [0, 0.1) is 0 Å². The second-order valence-corrected chi connectivity index (χ2v) is 14.1. The van der Waals surface area contributed by atoms with Gasteiger partial charge >= 0.3 is 0 Å². The first-order valence-corrected chi connectivity index (χ1v) is 17.8. The maximum atomic E-state index is 14.1. The van der Waals surface area contributed by atoms with Gasteiger partial charge in [0.2, 0.25) is 21.8 Å². The Balaban J connectivity index is 1.60. The summed E-state index contributed by atoms with van der Waals surface area (Å²) >= 11 is 3.53. The molecule has 1 fully saturated rings. The van der Waals surface area contributed by atoms with Crippen molar-refractivity contribution in [3.63, 3.8) is 0 Å². The minimum absolute atomic E-state index is 0.0666. The van der Waals surface area contributed by atoms with E-state index in [2.05, 4.69) is 21.2 Å². The maximum Gasteiger partial charge on any atom is 0.243 e. The summed E-state index contributed by atoms with van der Waals surface area (Å²) in [5, 5.41) is 3.26. The molecule has 3 aromatic carbocycles. The quantitative estimate of drug-likeness (QED) is 0.222. The zero-order valence-corrected chi connectivity index (χ0v) is 27.9. The number of benzene rings is 3. The first-order valence-electron chi connectivity index (χ1n) is 15.1. The molecule has 3 aromatic rings. The third-order valence-electron chi connectivity index (χ3n) is 7.97. The fourth-order valence-electron chi connectivity index (χ4n) is 5.75. The number of nitrogens with zero attached hydrogens (tertiary/aromatic N) is 2. The van der Waals surface area contributed by atoms with Crippen molar-refractivity contribution in [2.75, 3.05) is 24.2 Å². The number of hydrogen-bond donors (Lipinski definition) is 1. The predicted octanol–water partition coefficient (Wildman–Crippen LogP) is 6.09. The molecule has 0 aromatic heterocycles. The number of sulfonamides is 1. The SMILES string of the molecule is COc1ccccc1N(CCCC(=O)N(Cc1cccc(Br)c1)[C@H](Cc1ccccc1)C(=O)NC1CCCCC1)S(C)(=O)=O. The highest BCUT2D eigenvalue weighted by Crippen LogP contribution is 2.30. The van der Waals surface area contributed by atoms with Crippen LogP contribution in [0.4, 0.5) is 5.69 Å². The average Bonchev–Trinajstić information content (AvgIpc) is 3.01. The second-order valence-electron chi connectivity index (χ2n) is 11.3. The molecule has 1 aliphatic carbocycles. The Morgan fingerprint density at radius 2 is 1.64 bits per heavy atom. The summed E-state index contributed by atoms with van der Waals surface area (Å²) in [4.78, 5) is 29.7. The number of halogens is 1. The molecular weight excluding hydrogens is 642 g/mol. The van der Waals surface area contributed by atoms with Gasteiger partial charge in [-0.3, -0.25) is 13.9 Å². The van der Waals surface area contributed by atoms with Gasteiger partial charge < -0.3 is 15.0 Å². The summed E-state index contributed by atoms with van der Waals surface area (Å²) in [5.41, 5.74) is 2.27. The van der Waals surface area contributed by atoms with Gasteiger partial charge in [-0.05, 0) is 54.7 Å². The smallest absolute Gasteiger partial charge is 0.243 e. The van der Waals surface area contributed by atoms with E-state index in [4.69, 9.17) is 4.74 Å². The van der Waals surface area contributed by atoms with Crippen molar-refractivity contribution in [3.05, 3.63) is 94.5 Å². The van der Waals surface area contributed by atoms with Crippen LogP contribution in [0.25, 0.3) is 0 Å². The fourth-order valence-corrected chi connectivity index (χ4v) is 7.16. The van der Waals surface area contributed by atoms with Crippen molar-refractivity contribution in [2.24, 2.45) is 0 Å². The van der Waals surface area contributed by atoms with E-state index in [1.54, 1.807) is 29.2 Å². The first-order chi connectivity index (χ1) is 21.2. The molecule has 4 rings (SSSR count). The number of hydrogen-bond acceptors (Lipinski definition) is 5. The number of amides is 2. The van der Waals surface area contributed by atoms with Crippen LogP contribution in [0.1, 0.15) is 56.1 Å². The first kappa shape index (κ1) is 33.5. The van der Waals surface area contributed by atoms with Crippen LogP contribution >= 0.6 is 15.9 Å². The summed E-state index contributed by atoms with van der Waals surface area (Å²) < 4.78 is 33.1. The summed E-state index contributed by atoms with van der Waals surface area (Å²) in [6, 6.07) is 23.8. The van der Waals surface area contributed by atoms with Crippen molar-refractivity contribution < 1.29 is 22.7 Å². The second kappa shape index (κ2) is 16.1. The van der Waals surface area contributed by atoms with Crippen LogP contribution < -0.4 is 14.4 Å². The summed E-state index contributed by atoms with van der Waals surface area (Å²) in [7, 11) is -2.16. The van der Waals surface area contributed by atoms with Gasteiger partial charge in [-0.1, -0.05) is 89.8 Å². The largest absolute Gasteiger partial charge is 0.495 e. The zero-order valence-electron chi connectivity index (χ0n) is 25.5. The molecule has 2 amide bonds. The zero-order chi connectivity index (χ0) is 31.5. The molecule has 1 N–H and O–H groups in total. The minimum Gasteiger partial charge on any atom is -0.495 e. The Hall–Kier alpha value is -3.37. The highest BCUT2D eigenvalue weighted by molar-refractivity contribution is 9.10. The van der Waals surface area contributed by atoms with Gasteiger partial charge in [0.15, 0.2) is 0 Å². The Bertz CT molecular complexity index is 1500. The lowest BCUT2D eigenvalue weighted by molar-refractivity contribution is -0.141. The van der Waals surface area contributed by atoms with Crippen molar-refractivity contribution in [1.82, 2.24) is 10.2 Å². The number of carbonyl (C=O) groups excluding carboxylic acids is 2. The Labute approximate surface area is 270 Å². The molecule has 0 radical (unpaired) electrons. The summed E-state index contributed by atoms with van der Waals surface area (Å²) in [5.74, 6) is 0.0666. The number of anilines is 1. The van der Waals surface area contributed by atoms with Crippen LogP contribution in [0.2, 0.25) is 0 Å². The van der Waals surface area contributed by atoms with E-state index in [1.807, 2.05) is 54.6 Å². The topological polar surface area (TPSA) is 96.0 Å². The molecule has 1 saturated carbocycles. The van der Waals surface area contributed by atoms with E-state index >= 15 is 0 Å². The van der Waals surface area contributed by atoms with Gasteiger partial charge in [-0.15, -0.1) is 0 Å². The van der Waals surface area contributed by atoms with Gasteiger partial charge in [-0.25, -0.2) is 8.42 Å². The molecule has 236 valence electrons. The van der Waals surface area contributed by atoms with E-state index in [-0.39, 0.29) is 43.8 Å². The monoisotopic (exact) mass is 683 g/mol. The van der Waals surface area contributed by atoms with Gasteiger partial charge in [0.1, 0.15) is 11.8 Å². The maximum absolute atomic E-state index is 14.1. The Morgan fingerprint density at radius 1 is 0.955 bits per heavy atom. The van der Waals surface area contributed by atoms with Crippen molar-refractivity contribution in [2.45, 2.75) is 70.0 Å². The molecule has 0 aliphatic heterocycles. The summed E-state index contributed by atoms with van der Waals surface area (Å²) in [6.45, 7) is 0.337. The number of methoxy groups -OCH3 is 1. The van der Waals surface area contributed by atoms with Crippen LogP contribution in [-0.4, -0.2) is 57.1 Å². The average molecular weight is 685 g/mol. The van der Waals surface area contributed by atoms with Crippen LogP contribution in [0.15, 0.2) is 83.3 Å². The molecule has 0 spiro atoms. The molecule has 0 unspecified atom stereocenters. The molecule has 44 heavy (non-hydrogen) atoms. The van der Waals surface area contributed by atoms with Crippen LogP contribution in [-0.2, 0) is 32.6 Å². The van der Waals surface area contributed by atoms with Gasteiger partial charge in [0.25, 0.3) is 0 Å². The van der Waals surface area contributed by atoms with Gasteiger partial charge in [0.05, 0.1) is 19.1 Å². The number of carbonyl (C=O) groups is 2. The van der Waals surface area contributed by atoms with Crippen molar-refractivity contribution in [3.8, 4) is 5.75 Å². The fraction of sp³-hybridized carbons (Fsp3) is 0.412. The standard InChI is InChI=1S/C34H42BrN3O5S/c1-43-32-20-10-9-19-30(32)38(44(2,41)42)22-12-21-33(39)37(25-27-15-11-16-28(35)23-27)31(24-26-13-5-3-6-14-26)34(40)36-29-17-7-4-8-18-29/h3,5-6,9-11,13-16,19-20,23,29,31H,4,7-8,12,17-18,21-22,24-25H2,1-2H3,(H,36,40)/t31-/m1/s1. The van der Waals surface area contributed by atoms with Crippen LogP contribution in [0.3, 0.4) is 0 Å². The molecule has 0 heterocycles. The molecule has 8 nitrogen and oxygen atoms in total. The van der Waals surface area contributed by atoms with E-state index < -0.39 is 16.1 Å². The molecule has 1 atom stereocenters. The highest BCUT2D eigenvalue weighted by atomic mass is 79.9. The van der Waals surface area contributed by atoms with Gasteiger partial charge in [0, 0.05) is 36.4 Å². The van der Waals surface area contributed by atoms with E-state index in [1.165, 1.54) is 17.8 Å². The van der Waals surface area contributed by atoms with Crippen molar-refractivity contribution in [1.29, 1.82) is 0 Å². The molecular formula is C34H42BrN3O5S. The predicted molar refractivity (Wildman–Crippen MR) is 178 cm³/mol. The lowest BCUT2D eigenvalue weighted by Crippen LogP contribution is -2.52. The molecule has 10 heteroatoms. The number of ether oxygens (including phenoxy) is 1. The third kappa shape index (κ3) is 9.56. The molecule has 0 bridgehead atoms. The Kier molecular flexibility index (Phi) is 12.3. The number of nitrogens with one attached hydrogen (secondary N) is 1. The normalized spacial score (nSPS) is 14.4. The van der Waals surface area contributed by atoms with E-state index in [9.17, 15) is 18.0 Å².